The quantitative estimate of drug-likeness (QED) is 0.784. The number of carboxylic acids is 1. The Morgan fingerprint density at radius 2 is 1.75 bits per heavy atom. The van der Waals surface area contributed by atoms with E-state index >= 15 is 0 Å². The van der Waals surface area contributed by atoms with Gasteiger partial charge in [-0.2, -0.15) is 0 Å². The Hall–Kier alpha value is -1.11. The molecular formula is C13H21NO5S. The molecule has 2 bridgehead atoms. The number of fused-ring (bicyclic) bond motifs is 2. The minimum Gasteiger partial charge on any atom is -0.481 e. The lowest BCUT2D eigenvalue weighted by Gasteiger charge is -2.32. The number of nitrogens with one attached hydrogen (secondary N) is 1. The smallest absolute Gasteiger partial charge is 0.308 e. The highest BCUT2D eigenvalue weighted by atomic mass is 32.2. The van der Waals surface area contributed by atoms with Gasteiger partial charge in [-0.05, 0) is 44.9 Å². The van der Waals surface area contributed by atoms with Crippen LogP contribution in [0, 0.1) is 17.8 Å². The molecule has 0 aromatic rings. The van der Waals surface area contributed by atoms with Crippen LogP contribution in [0.3, 0.4) is 0 Å². The highest BCUT2D eigenvalue weighted by molar-refractivity contribution is 7.92. The number of hydrogen-bond donors (Lipinski definition) is 2. The van der Waals surface area contributed by atoms with Gasteiger partial charge in [-0.25, -0.2) is 8.42 Å². The molecule has 1 amide bonds. The predicted molar refractivity (Wildman–Crippen MR) is 72.8 cm³/mol. The molecule has 4 atom stereocenters. The number of hydrogen-bond acceptors (Lipinski definition) is 4. The zero-order chi connectivity index (χ0) is 15.3. The fraction of sp³-hybridized carbons (Fsp3) is 0.846. The summed E-state index contributed by atoms with van der Waals surface area (Å²) >= 11 is 0. The van der Waals surface area contributed by atoms with E-state index in [1.54, 1.807) is 0 Å². The monoisotopic (exact) mass is 303 g/mol. The van der Waals surface area contributed by atoms with Gasteiger partial charge in [0.05, 0.1) is 5.92 Å². The fourth-order valence-corrected chi connectivity index (χ4v) is 3.74. The summed E-state index contributed by atoms with van der Waals surface area (Å²) in [6.45, 7) is 2.70. The maximum absolute atomic E-state index is 12.2. The van der Waals surface area contributed by atoms with Crippen LogP contribution < -0.4 is 5.32 Å². The molecule has 4 unspecified atom stereocenters. The summed E-state index contributed by atoms with van der Waals surface area (Å²) in [7, 11) is -3.55. The Labute approximate surface area is 118 Å². The molecule has 7 heteroatoms. The van der Waals surface area contributed by atoms with Crippen LogP contribution in [0.2, 0.25) is 0 Å². The van der Waals surface area contributed by atoms with E-state index in [0.717, 1.165) is 25.5 Å². The lowest BCUT2D eigenvalue weighted by atomic mass is 9.84. The highest BCUT2D eigenvalue weighted by Gasteiger charge is 2.53. The van der Waals surface area contributed by atoms with E-state index < -0.39 is 38.4 Å². The number of rotatable bonds is 4. The van der Waals surface area contributed by atoms with Crippen LogP contribution in [0.5, 0.6) is 0 Å². The maximum Gasteiger partial charge on any atom is 0.308 e. The topological polar surface area (TPSA) is 101 Å². The van der Waals surface area contributed by atoms with Crippen LogP contribution >= 0.6 is 0 Å². The fourth-order valence-electron chi connectivity index (χ4n) is 3.35. The second kappa shape index (κ2) is 4.72. The van der Waals surface area contributed by atoms with Crippen LogP contribution in [0.15, 0.2) is 0 Å². The lowest BCUT2D eigenvalue weighted by Crippen LogP contribution is -2.55. The Morgan fingerprint density at radius 3 is 2.25 bits per heavy atom. The number of carbonyl (C=O) groups is 2. The standard InChI is InChI=1S/C13H21NO5S/c1-13(2,20(3,18)19)12(17)14-10-8-5-4-7(6-8)9(10)11(15)16/h7-10H,4-6H2,1-3H3,(H,14,17)(H,15,16). The average Bonchev–Trinajstić information content (AvgIpc) is 2.87. The van der Waals surface area contributed by atoms with Gasteiger partial charge in [0.2, 0.25) is 5.91 Å². The third-order valence-electron chi connectivity index (χ3n) is 4.97. The second-order valence-electron chi connectivity index (χ2n) is 6.48. The zero-order valence-electron chi connectivity index (χ0n) is 11.9. The van der Waals surface area contributed by atoms with Crippen molar-refractivity contribution in [1.82, 2.24) is 5.32 Å². The van der Waals surface area contributed by atoms with E-state index in [4.69, 9.17) is 0 Å². The summed E-state index contributed by atoms with van der Waals surface area (Å²) in [6, 6.07) is -0.445. The van der Waals surface area contributed by atoms with Crippen LogP contribution in [0.1, 0.15) is 33.1 Å². The van der Waals surface area contributed by atoms with Gasteiger partial charge in [0.15, 0.2) is 9.84 Å². The van der Waals surface area contributed by atoms with E-state index in [-0.39, 0.29) is 11.8 Å². The van der Waals surface area contributed by atoms with Gasteiger partial charge in [-0.1, -0.05) is 0 Å². The van der Waals surface area contributed by atoms with Gasteiger partial charge in [0, 0.05) is 12.3 Å². The maximum atomic E-state index is 12.2. The van der Waals surface area contributed by atoms with Crippen molar-refractivity contribution >= 4 is 21.7 Å². The summed E-state index contributed by atoms with van der Waals surface area (Å²) in [5.41, 5.74) is 0. The molecule has 2 N–H and O–H groups in total. The SMILES string of the molecule is CC(C)(C(=O)NC1C2CCC(C2)C1C(=O)O)S(C)(=O)=O. The number of amides is 1. The number of carbonyl (C=O) groups excluding carboxylic acids is 1. The number of sulfone groups is 1. The van der Waals surface area contributed by atoms with Gasteiger partial charge in [0.25, 0.3) is 0 Å². The Kier molecular flexibility index (Phi) is 3.60. The summed E-state index contributed by atoms with van der Waals surface area (Å²) in [6.07, 6.45) is 3.60. The molecule has 2 rings (SSSR count). The lowest BCUT2D eigenvalue weighted by molar-refractivity contribution is -0.144. The Bertz CT molecular complexity index is 539. The van der Waals surface area contributed by atoms with Crippen molar-refractivity contribution < 1.29 is 23.1 Å². The minimum atomic E-state index is -3.55. The third-order valence-corrected chi connectivity index (χ3v) is 7.01. The van der Waals surface area contributed by atoms with Crippen LogP contribution in [-0.4, -0.2) is 42.4 Å². The second-order valence-corrected chi connectivity index (χ2v) is 9.04. The van der Waals surface area contributed by atoms with Gasteiger partial charge in [-0.3, -0.25) is 9.59 Å². The first-order valence-electron chi connectivity index (χ1n) is 6.79. The van der Waals surface area contributed by atoms with Crippen molar-refractivity contribution in [3.8, 4) is 0 Å². The van der Waals surface area contributed by atoms with E-state index in [0.29, 0.717) is 0 Å². The van der Waals surface area contributed by atoms with E-state index in [9.17, 15) is 23.1 Å². The summed E-state index contributed by atoms with van der Waals surface area (Å²) in [5, 5.41) is 12.0. The normalized spacial score (nSPS) is 33.1. The zero-order valence-corrected chi connectivity index (χ0v) is 12.7. The van der Waals surface area contributed by atoms with Gasteiger partial charge in [0.1, 0.15) is 4.75 Å². The molecule has 0 heterocycles. The average molecular weight is 303 g/mol. The molecular weight excluding hydrogens is 282 g/mol. The molecule has 0 aromatic heterocycles. The van der Waals surface area contributed by atoms with Crippen molar-refractivity contribution in [2.24, 2.45) is 17.8 Å². The summed E-state index contributed by atoms with van der Waals surface area (Å²) in [4.78, 5) is 23.6. The van der Waals surface area contributed by atoms with E-state index in [1.807, 2.05) is 0 Å². The molecule has 2 saturated carbocycles. The van der Waals surface area contributed by atoms with Crippen molar-refractivity contribution in [3.05, 3.63) is 0 Å². The molecule has 0 radical (unpaired) electrons. The molecule has 0 saturated heterocycles. The number of aliphatic carboxylic acids is 1. The van der Waals surface area contributed by atoms with Crippen molar-refractivity contribution in [3.63, 3.8) is 0 Å². The first-order valence-corrected chi connectivity index (χ1v) is 8.68. The molecule has 20 heavy (non-hydrogen) atoms. The van der Waals surface area contributed by atoms with Gasteiger partial charge < -0.3 is 10.4 Å². The first-order chi connectivity index (χ1) is 9.05. The molecule has 6 nitrogen and oxygen atoms in total. The largest absolute Gasteiger partial charge is 0.481 e. The highest BCUT2D eigenvalue weighted by Crippen LogP contribution is 2.48. The van der Waals surface area contributed by atoms with Crippen molar-refractivity contribution in [1.29, 1.82) is 0 Å². The Balaban J connectivity index is 2.17. The van der Waals surface area contributed by atoms with E-state index in [2.05, 4.69) is 5.32 Å². The summed E-state index contributed by atoms with van der Waals surface area (Å²) in [5.74, 6) is -1.85. The van der Waals surface area contributed by atoms with Crippen molar-refractivity contribution in [2.45, 2.75) is 43.9 Å². The molecule has 0 aliphatic heterocycles. The molecule has 0 aromatic carbocycles. The molecule has 2 fully saturated rings. The van der Waals surface area contributed by atoms with Crippen molar-refractivity contribution in [2.75, 3.05) is 6.26 Å². The molecule has 2 aliphatic rings. The molecule has 2 aliphatic carbocycles. The van der Waals surface area contributed by atoms with Crippen LogP contribution in [0.4, 0.5) is 0 Å². The third kappa shape index (κ3) is 2.32. The van der Waals surface area contributed by atoms with Crippen LogP contribution in [-0.2, 0) is 19.4 Å². The summed E-state index contributed by atoms with van der Waals surface area (Å²) < 4.78 is 21.8. The van der Waals surface area contributed by atoms with Gasteiger partial charge >= 0.3 is 5.97 Å². The Morgan fingerprint density at radius 1 is 1.20 bits per heavy atom. The predicted octanol–water partition coefficient (Wildman–Crippen LogP) is 0.425. The molecule has 114 valence electrons. The first kappa shape index (κ1) is 15.3. The van der Waals surface area contributed by atoms with Gasteiger partial charge in [-0.15, -0.1) is 0 Å². The number of carboxylic acid groups (broad SMARTS) is 1. The van der Waals surface area contributed by atoms with Crippen LogP contribution in [0.25, 0.3) is 0 Å². The minimum absolute atomic E-state index is 0.101. The van der Waals surface area contributed by atoms with E-state index in [1.165, 1.54) is 13.8 Å². The molecule has 0 spiro atoms.